The lowest BCUT2D eigenvalue weighted by molar-refractivity contribution is -0.385. The lowest BCUT2D eigenvalue weighted by atomic mass is 10.2. The Labute approximate surface area is 160 Å². The fourth-order valence-electron chi connectivity index (χ4n) is 2.51. The van der Waals surface area contributed by atoms with Crippen molar-refractivity contribution in [1.82, 2.24) is 0 Å². The van der Waals surface area contributed by atoms with E-state index in [1.165, 1.54) is 36.0 Å². The summed E-state index contributed by atoms with van der Waals surface area (Å²) >= 11 is 1.52. The van der Waals surface area contributed by atoms with Gasteiger partial charge in [0.05, 0.1) is 10.6 Å². The molecule has 0 aliphatic rings. The molecule has 0 atom stereocenters. The first-order valence-electron chi connectivity index (χ1n) is 8.20. The average Bonchev–Trinajstić information content (AvgIpc) is 2.63. The Hall–Kier alpha value is -3.19. The van der Waals surface area contributed by atoms with Crippen molar-refractivity contribution in [1.29, 1.82) is 0 Å². The Morgan fingerprint density at radius 3 is 2.44 bits per heavy atom. The fourth-order valence-corrected chi connectivity index (χ4v) is 3.43. The van der Waals surface area contributed by atoms with Crippen molar-refractivity contribution in [3.63, 3.8) is 0 Å². The van der Waals surface area contributed by atoms with Crippen LogP contribution in [0.2, 0.25) is 0 Å². The van der Waals surface area contributed by atoms with E-state index in [9.17, 15) is 20.3 Å². The summed E-state index contributed by atoms with van der Waals surface area (Å²) in [6, 6.07) is 17.0. The van der Waals surface area contributed by atoms with Crippen LogP contribution in [0.5, 0.6) is 11.5 Å². The third-order valence-electron chi connectivity index (χ3n) is 3.95. The van der Waals surface area contributed by atoms with Crippen LogP contribution in [0.4, 0.5) is 11.4 Å². The molecule has 0 bridgehead atoms. The van der Waals surface area contributed by atoms with E-state index >= 15 is 0 Å². The van der Waals surface area contributed by atoms with E-state index in [2.05, 4.69) is 5.32 Å². The zero-order valence-electron chi connectivity index (χ0n) is 14.5. The molecular weight excluding hydrogens is 364 g/mol. The standard InChI is InChI=1S/C20H18N2O4S/c1-13-2-6-17(7-3-13)27-20-9-4-15(22(25)26)10-14(20)12-21-18-8-5-16(23)11-19(18)24/h2-11,21,23-24H,12H2,1H3. The summed E-state index contributed by atoms with van der Waals surface area (Å²) in [5, 5.41) is 33.5. The molecule has 0 aliphatic carbocycles. The van der Waals surface area contributed by atoms with Crippen LogP contribution in [0, 0.1) is 17.0 Å². The van der Waals surface area contributed by atoms with Crippen LogP contribution in [0.1, 0.15) is 11.1 Å². The van der Waals surface area contributed by atoms with Gasteiger partial charge in [-0.25, -0.2) is 0 Å². The molecule has 0 heterocycles. The largest absolute Gasteiger partial charge is 0.508 e. The number of phenolic OH excluding ortho intramolecular Hbond substituents is 2. The van der Waals surface area contributed by atoms with Gasteiger partial charge < -0.3 is 15.5 Å². The van der Waals surface area contributed by atoms with E-state index in [0.29, 0.717) is 5.69 Å². The number of benzene rings is 3. The normalized spacial score (nSPS) is 10.6. The van der Waals surface area contributed by atoms with Gasteiger partial charge in [0.15, 0.2) is 0 Å². The molecule has 0 saturated carbocycles. The van der Waals surface area contributed by atoms with Crippen molar-refractivity contribution in [2.24, 2.45) is 0 Å². The highest BCUT2D eigenvalue weighted by Crippen LogP contribution is 2.34. The summed E-state index contributed by atoms with van der Waals surface area (Å²) in [4.78, 5) is 12.6. The van der Waals surface area contributed by atoms with E-state index < -0.39 is 4.92 Å². The third kappa shape index (κ3) is 4.71. The number of nitro benzene ring substituents is 1. The minimum atomic E-state index is -0.429. The second kappa shape index (κ2) is 8.01. The summed E-state index contributed by atoms with van der Waals surface area (Å²) in [5.74, 6) is -0.128. The maximum absolute atomic E-state index is 11.1. The Bertz CT molecular complexity index is 974. The van der Waals surface area contributed by atoms with Crippen molar-refractivity contribution in [2.75, 3.05) is 5.32 Å². The van der Waals surface area contributed by atoms with E-state index in [-0.39, 0.29) is 23.7 Å². The lowest BCUT2D eigenvalue weighted by Crippen LogP contribution is -2.02. The summed E-state index contributed by atoms with van der Waals surface area (Å²) in [5.41, 5.74) is 2.34. The lowest BCUT2D eigenvalue weighted by Gasteiger charge is -2.12. The number of non-ortho nitro benzene ring substituents is 1. The summed E-state index contributed by atoms with van der Waals surface area (Å²) in [6.07, 6.45) is 0. The highest BCUT2D eigenvalue weighted by Gasteiger charge is 2.13. The van der Waals surface area contributed by atoms with Gasteiger partial charge in [-0.1, -0.05) is 29.5 Å². The number of phenols is 2. The summed E-state index contributed by atoms with van der Waals surface area (Å²) in [7, 11) is 0. The third-order valence-corrected chi connectivity index (χ3v) is 5.08. The SMILES string of the molecule is Cc1ccc(Sc2ccc([N+](=O)[O-])cc2CNc2ccc(O)cc2O)cc1. The molecule has 0 unspecified atom stereocenters. The molecule has 0 radical (unpaired) electrons. The molecule has 0 spiro atoms. The zero-order chi connectivity index (χ0) is 19.4. The molecule has 0 saturated heterocycles. The number of nitro groups is 1. The first-order chi connectivity index (χ1) is 12.9. The van der Waals surface area contributed by atoms with Gasteiger partial charge in [0.2, 0.25) is 0 Å². The number of nitrogens with one attached hydrogen (secondary N) is 1. The van der Waals surface area contributed by atoms with E-state index in [1.54, 1.807) is 12.1 Å². The first kappa shape index (κ1) is 18.6. The number of aryl methyl sites for hydroxylation is 1. The number of nitrogens with zero attached hydrogens (tertiary/aromatic N) is 1. The maximum atomic E-state index is 11.1. The highest BCUT2D eigenvalue weighted by molar-refractivity contribution is 7.99. The summed E-state index contributed by atoms with van der Waals surface area (Å²) < 4.78 is 0. The van der Waals surface area contributed by atoms with Crippen molar-refractivity contribution < 1.29 is 15.1 Å². The second-order valence-corrected chi connectivity index (χ2v) is 7.13. The minimum Gasteiger partial charge on any atom is -0.508 e. The van der Waals surface area contributed by atoms with E-state index in [0.717, 1.165) is 20.9 Å². The molecule has 3 N–H and O–H groups in total. The van der Waals surface area contributed by atoms with Gasteiger partial charge in [-0.05, 0) is 42.8 Å². The van der Waals surface area contributed by atoms with Crippen LogP contribution in [-0.2, 0) is 6.54 Å². The zero-order valence-corrected chi connectivity index (χ0v) is 15.4. The number of hydrogen-bond acceptors (Lipinski definition) is 6. The van der Waals surface area contributed by atoms with Crippen molar-refractivity contribution in [3.8, 4) is 11.5 Å². The topological polar surface area (TPSA) is 95.6 Å². The smallest absolute Gasteiger partial charge is 0.269 e. The predicted octanol–water partition coefficient (Wildman–Crippen LogP) is 5.08. The van der Waals surface area contributed by atoms with Gasteiger partial charge >= 0.3 is 0 Å². The van der Waals surface area contributed by atoms with Crippen molar-refractivity contribution >= 4 is 23.1 Å². The molecular formula is C20H18N2O4S. The van der Waals surface area contributed by atoms with Crippen LogP contribution < -0.4 is 5.32 Å². The minimum absolute atomic E-state index is 0.00924. The van der Waals surface area contributed by atoms with Crippen LogP contribution in [0.25, 0.3) is 0 Å². The molecule has 0 amide bonds. The molecule has 0 aliphatic heterocycles. The van der Waals surface area contributed by atoms with Gasteiger partial charge in [-0.3, -0.25) is 10.1 Å². The molecule has 3 rings (SSSR count). The summed E-state index contributed by atoms with van der Waals surface area (Å²) in [6.45, 7) is 2.30. The molecule has 7 heteroatoms. The van der Waals surface area contributed by atoms with Gasteiger partial charge in [-0.15, -0.1) is 0 Å². The van der Waals surface area contributed by atoms with Crippen molar-refractivity contribution in [2.45, 2.75) is 23.3 Å². The van der Waals surface area contributed by atoms with E-state index in [1.807, 2.05) is 31.2 Å². The Morgan fingerprint density at radius 2 is 1.78 bits per heavy atom. The number of aromatic hydroxyl groups is 2. The Kier molecular flexibility index (Phi) is 5.52. The second-order valence-electron chi connectivity index (χ2n) is 6.02. The first-order valence-corrected chi connectivity index (χ1v) is 9.02. The Morgan fingerprint density at radius 1 is 1.04 bits per heavy atom. The van der Waals surface area contributed by atoms with Crippen LogP contribution in [-0.4, -0.2) is 15.1 Å². The van der Waals surface area contributed by atoms with Crippen molar-refractivity contribution in [3.05, 3.63) is 81.9 Å². The van der Waals surface area contributed by atoms with E-state index in [4.69, 9.17) is 0 Å². The average molecular weight is 382 g/mol. The molecule has 3 aromatic carbocycles. The molecule has 0 aromatic heterocycles. The predicted molar refractivity (Wildman–Crippen MR) is 105 cm³/mol. The molecule has 27 heavy (non-hydrogen) atoms. The number of hydrogen-bond donors (Lipinski definition) is 3. The van der Waals surface area contributed by atoms with Gasteiger partial charge in [-0.2, -0.15) is 0 Å². The number of anilines is 1. The molecule has 138 valence electrons. The molecule has 0 fully saturated rings. The number of rotatable bonds is 6. The van der Waals surface area contributed by atoms with Gasteiger partial charge in [0.1, 0.15) is 11.5 Å². The monoisotopic (exact) mass is 382 g/mol. The molecule has 6 nitrogen and oxygen atoms in total. The quantitative estimate of drug-likeness (QED) is 0.238. The van der Waals surface area contributed by atoms with Gasteiger partial charge in [0, 0.05) is 34.5 Å². The maximum Gasteiger partial charge on any atom is 0.269 e. The van der Waals surface area contributed by atoms with Crippen LogP contribution in [0.15, 0.2) is 70.5 Å². The molecule has 3 aromatic rings. The van der Waals surface area contributed by atoms with Gasteiger partial charge in [0.25, 0.3) is 5.69 Å². The Balaban J connectivity index is 1.87. The van der Waals surface area contributed by atoms with Crippen LogP contribution >= 0.6 is 11.8 Å². The highest BCUT2D eigenvalue weighted by atomic mass is 32.2. The fraction of sp³-hybridized carbons (Fsp3) is 0.100. The van der Waals surface area contributed by atoms with Crippen LogP contribution in [0.3, 0.4) is 0 Å².